The molecular weight excluding hydrogens is 244 g/mol. The summed E-state index contributed by atoms with van der Waals surface area (Å²) < 4.78 is 0. The smallest absolute Gasteiger partial charge is 0.319 e. The molecule has 6 heteroatoms. The second kappa shape index (κ2) is 6.23. The summed E-state index contributed by atoms with van der Waals surface area (Å²) in [7, 11) is 3.51. The fraction of sp³-hybridized carbons (Fsp3) is 0.846. The van der Waals surface area contributed by atoms with Crippen molar-refractivity contribution in [2.75, 3.05) is 53.4 Å². The van der Waals surface area contributed by atoms with Crippen molar-refractivity contribution in [3.05, 3.63) is 0 Å². The van der Waals surface area contributed by atoms with Gasteiger partial charge in [-0.25, -0.2) is 4.79 Å². The number of rotatable bonds is 1. The van der Waals surface area contributed by atoms with E-state index in [2.05, 4.69) is 5.32 Å². The van der Waals surface area contributed by atoms with E-state index in [1.165, 1.54) is 0 Å². The van der Waals surface area contributed by atoms with Crippen LogP contribution in [0.15, 0.2) is 0 Å². The maximum atomic E-state index is 12.3. The van der Waals surface area contributed by atoms with Crippen molar-refractivity contribution in [3.8, 4) is 0 Å². The van der Waals surface area contributed by atoms with Crippen molar-refractivity contribution in [2.45, 2.75) is 12.8 Å². The van der Waals surface area contributed by atoms with Gasteiger partial charge in [0.1, 0.15) is 0 Å². The molecule has 1 atom stereocenters. The minimum Gasteiger partial charge on any atom is -0.339 e. The largest absolute Gasteiger partial charge is 0.339 e. The van der Waals surface area contributed by atoms with Crippen LogP contribution in [0.25, 0.3) is 0 Å². The molecule has 6 nitrogen and oxygen atoms in total. The van der Waals surface area contributed by atoms with Crippen LogP contribution in [0.4, 0.5) is 4.79 Å². The number of carbonyl (C=O) groups excluding carboxylic acids is 2. The SMILES string of the molecule is CN(C)C(=O)N1CCN(C(=O)[C@@H]2CCCNC2)CC1. The van der Waals surface area contributed by atoms with E-state index in [1.807, 2.05) is 9.80 Å². The van der Waals surface area contributed by atoms with E-state index in [1.54, 1.807) is 19.0 Å². The molecule has 0 aromatic carbocycles. The lowest BCUT2D eigenvalue weighted by Gasteiger charge is -2.38. The van der Waals surface area contributed by atoms with E-state index in [9.17, 15) is 9.59 Å². The molecule has 1 N–H and O–H groups in total. The van der Waals surface area contributed by atoms with Crippen LogP contribution in [0.3, 0.4) is 0 Å². The van der Waals surface area contributed by atoms with Gasteiger partial charge in [-0.3, -0.25) is 4.79 Å². The van der Waals surface area contributed by atoms with Crippen molar-refractivity contribution in [2.24, 2.45) is 5.92 Å². The third-order valence-electron chi connectivity index (χ3n) is 3.89. The summed E-state index contributed by atoms with van der Waals surface area (Å²) >= 11 is 0. The van der Waals surface area contributed by atoms with Crippen molar-refractivity contribution >= 4 is 11.9 Å². The maximum Gasteiger partial charge on any atom is 0.319 e. The van der Waals surface area contributed by atoms with Crippen LogP contribution in [0, 0.1) is 5.92 Å². The van der Waals surface area contributed by atoms with Gasteiger partial charge in [0, 0.05) is 46.8 Å². The Hall–Kier alpha value is -1.30. The summed E-state index contributed by atoms with van der Waals surface area (Å²) in [5.41, 5.74) is 0. The molecule has 0 aliphatic carbocycles. The Morgan fingerprint density at radius 1 is 1.11 bits per heavy atom. The Bertz CT molecular complexity index is 332. The quantitative estimate of drug-likeness (QED) is 0.717. The zero-order chi connectivity index (χ0) is 13.8. The van der Waals surface area contributed by atoms with Gasteiger partial charge in [0.05, 0.1) is 5.92 Å². The summed E-state index contributed by atoms with van der Waals surface area (Å²) in [4.78, 5) is 29.5. The highest BCUT2D eigenvalue weighted by Gasteiger charge is 2.29. The first-order valence-corrected chi connectivity index (χ1v) is 7.05. The lowest BCUT2D eigenvalue weighted by atomic mass is 9.98. The van der Waals surface area contributed by atoms with Crippen LogP contribution < -0.4 is 5.32 Å². The van der Waals surface area contributed by atoms with Gasteiger partial charge >= 0.3 is 6.03 Å². The van der Waals surface area contributed by atoms with Crippen LogP contribution in [0.1, 0.15) is 12.8 Å². The normalized spacial score (nSPS) is 24.2. The first kappa shape index (κ1) is 14.1. The molecule has 0 spiro atoms. The first-order chi connectivity index (χ1) is 9.09. The highest BCUT2D eigenvalue weighted by atomic mass is 16.2. The molecule has 2 aliphatic rings. The summed E-state index contributed by atoms with van der Waals surface area (Å²) in [5, 5.41) is 3.28. The van der Waals surface area contributed by atoms with Crippen molar-refractivity contribution in [1.29, 1.82) is 0 Å². The van der Waals surface area contributed by atoms with Crippen molar-refractivity contribution < 1.29 is 9.59 Å². The van der Waals surface area contributed by atoms with Gasteiger partial charge in [0.15, 0.2) is 0 Å². The maximum absolute atomic E-state index is 12.3. The molecule has 3 amide bonds. The molecule has 0 aromatic heterocycles. The van der Waals surface area contributed by atoms with Gasteiger partial charge in [0.25, 0.3) is 0 Å². The van der Waals surface area contributed by atoms with E-state index >= 15 is 0 Å². The minimum atomic E-state index is 0.0337. The monoisotopic (exact) mass is 268 g/mol. The lowest BCUT2D eigenvalue weighted by Crippen LogP contribution is -2.55. The number of amides is 3. The summed E-state index contributed by atoms with van der Waals surface area (Å²) in [6.07, 6.45) is 2.07. The molecule has 0 saturated carbocycles. The Morgan fingerprint density at radius 2 is 1.74 bits per heavy atom. The van der Waals surface area contributed by atoms with Crippen LogP contribution in [-0.4, -0.2) is 80.0 Å². The molecule has 2 heterocycles. The van der Waals surface area contributed by atoms with Crippen molar-refractivity contribution in [3.63, 3.8) is 0 Å². The summed E-state index contributed by atoms with van der Waals surface area (Å²) in [5.74, 6) is 0.383. The Balaban J connectivity index is 1.82. The second-order valence-corrected chi connectivity index (χ2v) is 5.53. The van der Waals surface area contributed by atoms with Crippen LogP contribution in [0.2, 0.25) is 0 Å². The Labute approximate surface area is 114 Å². The zero-order valence-electron chi connectivity index (χ0n) is 11.9. The third-order valence-corrected chi connectivity index (χ3v) is 3.89. The molecule has 19 heavy (non-hydrogen) atoms. The predicted molar refractivity (Wildman–Crippen MR) is 72.8 cm³/mol. The second-order valence-electron chi connectivity index (χ2n) is 5.53. The minimum absolute atomic E-state index is 0.0337. The number of urea groups is 1. The number of nitrogens with one attached hydrogen (secondary N) is 1. The van der Waals surface area contributed by atoms with E-state index in [0.29, 0.717) is 26.2 Å². The topological polar surface area (TPSA) is 55.9 Å². The molecule has 0 unspecified atom stereocenters. The number of piperidine rings is 1. The van der Waals surface area contributed by atoms with Gasteiger partial charge in [-0.15, -0.1) is 0 Å². The molecule has 2 saturated heterocycles. The average Bonchev–Trinajstić information content (AvgIpc) is 2.46. The van der Waals surface area contributed by atoms with Crippen molar-refractivity contribution in [1.82, 2.24) is 20.0 Å². The van der Waals surface area contributed by atoms with E-state index in [4.69, 9.17) is 0 Å². The fourth-order valence-electron chi connectivity index (χ4n) is 2.72. The number of hydrogen-bond donors (Lipinski definition) is 1. The van der Waals surface area contributed by atoms with E-state index < -0.39 is 0 Å². The Kier molecular flexibility index (Phi) is 4.63. The number of carbonyl (C=O) groups is 2. The summed E-state index contributed by atoms with van der Waals surface area (Å²) in [6, 6.07) is 0.0337. The van der Waals surface area contributed by atoms with Gasteiger partial charge in [-0.1, -0.05) is 0 Å². The van der Waals surface area contributed by atoms with E-state index in [0.717, 1.165) is 25.9 Å². The predicted octanol–water partition coefficient (Wildman–Crippen LogP) is -0.188. The molecule has 108 valence electrons. The molecule has 0 bridgehead atoms. The van der Waals surface area contributed by atoms with E-state index in [-0.39, 0.29) is 17.9 Å². The highest BCUT2D eigenvalue weighted by molar-refractivity contribution is 5.80. The first-order valence-electron chi connectivity index (χ1n) is 7.05. The number of nitrogens with zero attached hydrogens (tertiary/aromatic N) is 3. The molecule has 2 aliphatic heterocycles. The fourth-order valence-corrected chi connectivity index (χ4v) is 2.72. The molecule has 0 radical (unpaired) electrons. The Morgan fingerprint density at radius 3 is 2.26 bits per heavy atom. The van der Waals surface area contributed by atoms with Crippen LogP contribution >= 0.6 is 0 Å². The van der Waals surface area contributed by atoms with Gasteiger partial charge in [-0.05, 0) is 19.4 Å². The average molecular weight is 268 g/mol. The molecule has 2 fully saturated rings. The van der Waals surface area contributed by atoms with Gasteiger partial charge < -0.3 is 20.0 Å². The molecule has 2 rings (SSSR count). The number of hydrogen-bond acceptors (Lipinski definition) is 3. The molecular formula is C13H24N4O2. The third kappa shape index (κ3) is 3.37. The lowest BCUT2D eigenvalue weighted by molar-refractivity contribution is -0.137. The number of piperazine rings is 1. The molecule has 0 aromatic rings. The van der Waals surface area contributed by atoms with Crippen LogP contribution in [-0.2, 0) is 4.79 Å². The highest BCUT2D eigenvalue weighted by Crippen LogP contribution is 2.15. The zero-order valence-corrected chi connectivity index (χ0v) is 11.9. The van der Waals surface area contributed by atoms with Crippen LogP contribution in [0.5, 0.6) is 0 Å². The standard InChI is InChI=1S/C13H24N4O2/c1-15(2)13(19)17-8-6-16(7-9-17)12(18)11-4-3-5-14-10-11/h11,14H,3-10H2,1-2H3/t11-/m1/s1. The van der Waals surface area contributed by atoms with Gasteiger partial charge in [-0.2, -0.15) is 0 Å². The summed E-state index contributed by atoms with van der Waals surface area (Å²) in [6.45, 7) is 4.43. The van der Waals surface area contributed by atoms with Gasteiger partial charge in [0.2, 0.25) is 5.91 Å².